The number of aryl methyl sites for hydroxylation is 1. The SMILES string of the molecule is Cn1cc([N+](=O)[O-])c(SC(C)(C)C(=O)O)n1. The van der Waals surface area contributed by atoms with E-state index in [0.717, 1.165) is 11.8 Å². The first-order valence-corrected chi connectivity index (χ1v) is 5.16. The van der Waals surface area contributed by atoms with E-state index >= 15 is 0 Å². The van der Waals surface area contributed by atoms with Crippen LogP contribution >= 0.6 is 11.8 Å². The Kier molecular flexibility index (Phi) is 3.22. The molecule has 0 saturated carbocycles. The highest BCUT2D eigenvalue weighted by atomic mass is 32.2. The lowest BCUT2D eigenvalue weighted by atomic mass is 10.2. The topological polar surface area (TPSA) is 98.3 Å². The molecule has 1 aromatic rings. The van der Waals surface area contributed by atoms with Crippen molar-refractivity contribution >= 4 is 23.4 Å². The Bertz CT molecular complexity index is 440. The van der Waals surface area contributed by atoms with Gasteiger partial charge in [0.2, 0.25) is 0 Å². The first kappa shape index (κ1) is 12.5. The third kappa shape index (κ3) is 2.51. The molecule has 88 valence electrons. The molecule has 0 fully saturated rings. The van der Waals surface area contributed by atoms with E-state index in [1.807, 2.05) is 0 Å². The largest absolute Gasteiger partial charge is 0.480 e. The van der Waals surface area contributed by atoms with Gasteiger partial charge in [-0.1, -0.05) is 11.8 Å². The second-order valence-electron chi connectivity index (χ2n) is 3.67. The molecule has 1 heterocycles. The molecule has 0 spiro atoms. The number of rotatable bonds is 4. The van der Waals surface area contributed by atoms with Gasteiger partial charge in [0.1, 0.15) is 10.9 Å². The predicted molar refractivity (Wildman–Crippen MR) is 57.4 cm³/mol. The summed E-state index contributed by atoms with van der Waals surface area (Å²) < 4.78 is 0.136. The van der Waals surface area contributed by atoms with Crippen LogP contribution in [0.2, 0.25) is 0 Å². The Morgan fingerprint density at radius 1 is 1.69 bits per heavy atom. The van der Waals surface area contributed by atoms with Crippen molar-refractivity contribution < 1.29 is 14.8 Å². The molecule has 0 atom stereocenters. The maximum Gasteiger partial charge on any atom is 0.320 e. The maximum absolute atomic E-state index is 10.9. The van der Waals surface area contributed by atoms with Crippen molar-refractivity contribution in [3.63, 3.8) is 0 Å². The number of nitrogens with zero attached hydrogens (tertiary/aromatic N) is 3. The number of nitro groups is 1. The van der Waals surface area contributed by atoms with Crippen LogP contribution in [-0.2, 0) is 11.8 Å². The summed E-state index contributed by atoms with van der Waals surface area (Å²) >= 11 is 0.857. The van der Waals surface area contributed by atoms with Crippen molar-refractivity contribution in [2.45, 2.75) is 23.6 Å². The van der Waals surface area contributed by atoms with Crippen LogP contribution in [0, 0.1) is 10.1 Å². The third-order valence-electron chi connectivity index (χ3n) is 1.84. The molecule has 1 rings (SSSR count). The van der Waals surface area contributed by atoms with Gasteiger partial charge >= 0.3 is 11.7 Å². The van der Waals surface area contributed by atoms with Gasteiger partial charge in [0.25, 0.3) is 0 Å². The number of carboxylic acid groups (broad SMARTS) is 1. The highest BCUT2D eigenvalue weighted by molar-refractivity contribution is 8.01. The van der Waals surface area contributed by atoms with Crippen LogP contribution in [0.3, 0.4) is 0 Å². The lowest BCUT2D eigenvalue weighted by molar-refractivity contribution is -0.387. The van der Waals surface area contributed by atoms with Crippen LogP contribution in [0.5, 0.6) is 0 Å². The molecule has 0 bridgehead atoms. The average molecular weight is 245 g/mol. The van der Waals surface area contributed by atoms with Crippen LogP contribution in [0.15, 0.2) is 11.2 Å². The normalized spacial score (nSPS) is 11.4. The van der Waals surface area contributed by atoms with Gasteiger partial charge in [-0.15, -0.1) is 0 Å². The van der Waals surface area contributed by atoms with Gasteiger partial charge in [-0.05, 0) is 13.8 Å². The molecule has 0 amide bonds. The van der Waals surface area contributed by atoms with Gasteiger partial charge in [-0.2, -0.15) is 5.10 Å². The van der Waals surface area contributed by atoms with E-state index < -0.39 is 15.6 Å². The van der Waals surface area contributed by atoms with Gasteiger partial charge in [0, 0.05) is 7.05 Å². The Balaban J connectivity index is 3.06. The molecule has 0 aliphatic heterocycles. The van der Waals surface area contributed by atoms with E-state index in [4.69, 9.17) is 5.11 Å². The highest BCUT2D eigenvalue weighted by Crippen LogP contribution is 2.36. The molecule has 0 aliphatic carbocycles. The zero-order valence-corrected chi connectivity index (χ0v) is 9.82. The zero-order chi connectivity index (χ0) is 12.5. The number of carboxylic acids is 1. The molecule has 16 heavy (non-hydrogen) atoms. The Morgan fingerprint density at radius 3 is 2.69 bits per heavy atom. The molecule has 0 aliphatic rings. The fourth-order valence-corrected chi connectivity index (χ4v) is 1.91. The Hall–Kier alpha value is -1.57. The Morgan fingerprint density at radius 2 is 2.25 bits per heavy atom. The molecule has 0 saturated heterocycles. The monoisotopic (exact) mass is 245 g/mol. The minimum Gasteiger partial charge on any atom is -0.480 e. The summed E-state index contributed by atoms with van der Waals surface area (Å²) in [5, 5.41) is 23.6. The lowest BCUT2D eigenvalue weighted by Gasteiger charge is -2.15. The van der Waals surface area contributed by atoms with Crippen LogP contribution in [0.1, 0.15) is 13.8 Å². The van der Waals surface area contributed by atoms with Crippen molar-refractivity contribution in [1.82, 2.24) is 9.78 Å². The number of thioether (sulfide) groups is 1. The molecule has 0 aromatic carbocycles. The van der Waals surface area contributed by atoms with Gasteiger partial charge in [-0.25, -0.2) is 0 Å². The molecule has 1 N–H and O–H groups in total. The number of carbonyl (C=O) groups is 1. The van der Waals surface area contributed by atoms with Gasteiger partial charge in [0.15, 0.2) is 5.03 Å². The number of hydrogen-bond acceptors (Lipinski definition) is 5. The van der Waals surface area contributed by atoms with E-state index in [1.165, 1.54) is 24.7 Å². The second kappa shape index (κ2) is 4.12. The zero-order valence-electron chi connectivity index (χ0n) is 9.00. The fourth-order valence-electron chi connectivity index (χ4n) is 0.939. The van der Waals surface area contributed by atoms with E-state index in [2.05, 4.69) is 5.10 Å². The van der Waals surface area contributed by atoms with E-state index in [-0.39, 0.29) is 10.7 Å². The van der Waals surface area contributed by atoms with E-state index in [9.17, 15) is 14.9 Å². The van der Waals surface area contributed by atoms with Crippen molar-refractivity contribution in [3.8, 4) is 0 Å². The minimum atomic E-state index is -1.15. The third-order valence-corrected chi connectivity index (χ3v) is 3.01. The first-order valence-electron chi connectivity index (χ1n) is 4.34. The molecule has 1 aromatic heterocycles. The van der Waals surface area contributed by atoms with Crippen LogP contribution < -0.4 is 0 Å². The summed E-state index contributed by atoms with van der Waals surface area (Å²) in [6.45, 7) is 2.94. The molecule has 7 nitrogen and oxygen atoms in total. The molecular weight excluding hydrogens is 234 g/mol. The second-order valence-corrected chi connectivity index (χ2v) is 5.28. The standard InChI is InChI=1S/C8H11N3O4S/c1-8(2,7(12)13)16-6-5(11(14)15)4-10(3)9-6/h4H,1-3H3,(H,12,13). The van der Waals surface area contributed by atoms with Gasteiger partial charge < -0.3 is 5.11 Å². The van der Waals surface area contributed by atoms with Crippen LogP contribution in [0.25, 0.3) is 0 Å². The van der Waals surface area contributed by atoms with Crippen LogP contribution in [0.4, 0.5) is 5.69 Å². The van der Waals surface area contributed by atoms with Crippen molar-refractivity contribution in [1.29, 1.82) is 0 Å². The minimum absolute atomic E-state index is 0.111. The highest BCUT2D eigenvalue weighted by Gasteiger charge is 2.33. The smallest absolute Gasteiger partial charge is 0.320 e. The molecular formula is C8H11N3O4S. The first-order chi connectivity index (χ1) is 7.24. The molecule has 0 radical (unpaired) electrons. The summed E-state index contributed by atoms with van der Waals surface area (Å²) in [5.74, 6) is -1.04. The van der Waals surface area contributed by atoms with Crippen LogP contribution in [-0.4, -0.2) is 30.5 Å². The number of hydrogen-bond donors (Lipinski definition) is 1. The Labute approximate surface area is 95.6 Å². The summed E-state index contributed by atoms with van der Waals surface area (Å²) in [4.78, 5) is 21.0. The van der Waals surface area contributed by atoms with Crippen molar-refractivity contribution in [2.75, 3.05) is 0 Å². The quantitative estimate of drug-likeness (QED) is 0.487. The van der Waals surface area contributed by atoms with E-state index in [0.29, 0.717) is 0 Å². The average Bonchev–Trinajstić information content (AvgIpc) is 2.45. The maximum atomic E-state index is 10.9. The molecule has 8 heteroatoms. The summed E-state index contributed by atoms with van der Waals surface area (Å²) in [6, 6.07) is 0. The molecule has 0 unspecified atom stereocenters. The van der Waals surface area contributed by atoms with Crippen molar-refractivity contribution in [2.24, 2.45) is 7.05 Å². The summed E-state index contributed by atoms with van der Waals surface area (Å²) in [5.41, 5.74) is -0.179. The number of aliphatic carboxylic acids is 1. The summed E-state index contributed by atoms with van der Waals surface area (Å²) in [7, 11) is 1.55. The fraction of sp³-hybridized carbons (Fsp3) is 0.500. The van der Waals surface area contributed by atoms with Gasteiger partial charge in [-0.3, -0.25) is 19.6 Å². The van der Waals surface area contributed by atoms with Crippen molar-refractivity contribution in [3.05, 3.63) is 16.3 Å². The number of aromatic nitrogens is 2. The van der Waals surface area contributed by atoms with E-state index in [1.54, 1.807) is 7.05 Å². The van der Waals surface area contributed by atoms with Gasteiger partial charge in [0.05, 0.1) is 4.92 Å². The predicted octanol–water partition coefficient (Wildman–Crippen LogP) is 1.28. The lowest BCUT2D eigenvalue weighted by Crippen LogP contribution is -2.27. The summed E-state index contributed by atoms with van der Waals surface area (Å²) in [6.07, 6.45) is 1.25.